The van der Waals surface area contributed by atoms with E-state index >= 15 is 0 Å². The molecule has 1 aromatic carbocycles. The van der Waals surface area contributed by atoms with Gasteiger partial charge in [-0.25, -0.2) is 4.98 Å². The monoisotopic (exact) mass is 279 g/mol. The Morgan fingerprint density at radius 1 is 1.05 bits per heavy atom. The van der Waals surface area contributed by atoms with Crippen molar-refractivity contribution < 1.29 is 0 Å². The third-order valence-corrected chi connectivity index (χ3v) is 3.81. The Morgan fingerprint density at radius 2 is 1.81 bits per heavy atom. The van der Waals surface area contributed by atoms with Crippen LogP contribution in [0.1, 0.15) is 30.2 Å². The number of rotatable bonds is 4. The van der Waals surface area contributed by atoms with Crippen LogP contribution in [-0.4, -0.2) is 9.38 Å². The molecule has 0 unspecified atom stereocenters. The van der Waals surface area contributed by atoms with Gasteiger partial charge >= 0.3 is 0 Å². The molecular weight excluding hydrogens is 258 g/mol. The van der Waals surface area contributed by atoms with Crippen molar-refractivity contribution in [2.24, 2.45) is 0 Å². The van der Waals surface area contributed by atoms with Gasteiger partial charge in [0.05, 0.1) is 5.69 Å². The van der Waals surface area contributed by atoms with Crippen LogP contribution >= 0.6 is 0 Å². The molecule has 21 heavy (non-hydrogen) atoms. The van der Waals surface area contributed by atoms with Crippen molar-refractivity contribution >= 4 is 17.2 Å². The van der Waals surface area contributed by atoms with Gasteiger partial charge in [0, 0.05) is 11.9 Å². The van der Waals surface area contributed by atoms with Crippen LogP contribution in [0.15, 0.2) is 42.6 Å². The van der Waals surface area contributed by atoms with E-state index in [9.17, 15) is 0 Å². The van der Waals surface area contributed by atoms with Crippen molar-refractivity contribution in [3.63, 3.8) is 0 Å². The second-order valence-electron chi connectivity index (χ2n) is 5.48. The topological polar surface area (TPSA) is 29.3 Å². The quantitative estimate of drug-likeness (QED) is 0.753. The first-order chi connectivity index (χ1) is 10.2. The molecule has 108 valence electrons. The van der Waals surface area contributed by atoms with E-state index in [-0.39, 0.29) is 0 Å². The molecule has 0 aliphatic carbocycles. The van der Waals surface area contributed by atoms with Crippen LogP contribution in [0.25, 0.3) is 5.65 Å². The van der Waals surface area contributed by atoms with E-state index in [1.165, 1.54) is 16.8 Å². The summed E-state index contributed by atoms with van der Waals surface area (Å²) in [5, 5.41) is 3.62. The number of aryl methyl sites for hydroxylation is 3. The van der Waals surface area contributed by atoms with Gasteiger partial charge < -0.3 is 5.32 Å². The summed E-state index contributed by atoms with van der Waals surface area (Å²) in [5.74, 6) is 1.09. The molecule has 0 saturated heterocycles. The maximum atomic E-state index is 4.76. The first-order valence-corrected chi connectivity index (χ1v) is 7.50. The number of para-hydroxylation sites is 1. The van der Waals surface area contributed by atoms with Crippen molar-refractivity contribution in [2.75, 3.05) is 5.32 Å². The number of fused-ring (bicyclic) bond motifs is 1. The molecule has 3 aromatic rings. The molecular formula is C18H21N3. The van der Waals surface area contributed by atoms with E-state index in [2.05, 4.69) is 61.0 Å². The Bertz CT molecular complexity index is 751. The average molecular weight is 279 g/mol. The lowest BCUT2D eigenvalue weighted by molar-refractivity contribution is 0.896. The lowest BCUT2D eigenvalue weighted by Gasteiger charge is -2.13. The zero-order valence-corrected chi connectivity index (χ0v) is 12.9. The fourth-order valence-electron chi connectivity index (χ4n) is 2.72. The molecule has 3 nitrogen and oxygen atoms in total. The molecule has 0 radical (unpaired) electrons. The molecule has 0 amide bonds. The van der Waals surface area contributed by atoms with Gasteiger partial charge in [-0.1, -0.05) is 37.6 Å². The molecule has 1 N–H and O–H groups in total. The van der Waals surface area contributed by atoms with E-state index in [0.29, 0.717) is 0 Å². The van der Waals surface area contributed by atoms with Crippen molar-refractivity contribution in [1.29, 1.82) is 0 Å². The highest BCUT2D eigenvalue weighted by molar-refractivity contribution is 5.68. The summed E-state index contributed by atoms with van der Waals surface area (Å²) in [4.78, 5) is 4.76. The molecule has 0 aliphatic heterocycles. The SMILES string of the molecule is CCCc1nc2ccccn2c1Nc1c(C)cccc1C. The van der Waals surface area contributed by atoms with Gasteiger partial charge in [-0.3, -0.25) is 4.40 Å². The van der Waals surface area contributed by atoms with Crippen molar-refractivity contribution in [3.8, 4) is 0 Å². The maximum Gasteiger partial charge on any atom is 0.138 e. The Kier molecular flexibility index (Phi) is 3.65. The predicted octanol–water partition coefficient (Wildman–Crippen LogP) is 4.65. The Balaban J connectivity index is 2.12. The van der Waals surface area contributed by atoms with Crippen molar-refractivity contribution in [1.82, 2.24) is 9.38 Å². The summed E-state index contributed by atoms with van der Waals surface area (Å²) >= 11 is 0. The Morgan fingerprint density at radius 3 is 2.52 bits per heavy atom. The Labute approximate surface area is 125 Å². The van der Waals surface area contributed by atoms with Crippen LogP contribution in [0.4, 0.5) is 11.5 Å². The van der Waals surface area contributed by atoms with Crippen LogP contribution in [0.3, 0.4) is 0 Å². The van der Waals surface area contributed by atoms with Gasteiger partial charge in [0.25, 0.3) is 0 Å². The van der Waals surface area contributed by atoms with E-state index in [1.807, 2.05) is 12.1 Å². The third kappa shape index (κ3) is 2.51. The largest absolute Gasteiger partial charge is 0.339 e. The molecule has 3 rings (SSSR count). The predicted molar refractivity (Wildman–Crippen MR) is 88.4 cm³/mol. The number of aromatic nitrogens is 2. The number of anilines is 2. The van der Waals surface area contributed by atoms with Gasteiger partial charge in [-0.15, -0.1) is 0 Å². The summed E-state index contributed by atoms with van der Waals surface area (Å²) < 4.78 is 2.14. The van der Waals surface area contributed by atoms with Crippen molar-refractivity contribution in [2.45, 2.75) is 33.6 Å². The van der Waals surface area contributed by atoms with Crippen LogP contribution in [0, 0.1) is 13.8 Å². The lowest BCUT2D eigenvalue weighted by atomic mass is 10.1. The maximum absolute atomic E-state index is 4.76. The van der Waals surface area contributed by atoms with E-state index in [0.717, 1.165) is 30.0 Å². The van der Waals surface area contributed by atoms with E-state index < -0.39 is 0 Å². The Hall–Kier alpha value is -2.29. The molecule has 0 spiro atoms. The molecule has 0 atom stereocenters. The number of hydrogen-bond donors (Lipinski definition) is 1. The number of nitrogens with zero attached hydrogens (tertiary/aromatic N) is 2. The zero-order chi connectivity index (χ0) is 14.8. The van der Waals surface area contributed by atoms with Crippen LogP contribution in [-0.2, 0) is 6.42 Å². The van der Waals surface area contributed by atoms with Crippen LogP contribution in [0.2, 0.25) is 0 Å². The van der Waals surface area contributed by atoms with Crippen LogP contribution < -0.4 is 5.32 Å². The number of pyridine rings is 1. The highest BCUT2D eigenvalue weighted by Gasteiger charge is 2.13. The lowest BCUT2D eigenvalue weighted by Crippen LogP contribution is -2.01. The summed E-state index contributed by atoms with van der Waals surface area (Å²) in [6, 6.07) is 12.5. The minimum atomic E-state index is 0.981. The normalized spacial score (nSPS) is 11.0. The number of hydrogen-bond acceptors (Lipinski definition) is 2. The molecule has 3 heteroatoms. The first-order valence-electron chi connectivity index (χ1n) is 7.50. The average Bonchev–Trinajstić information content (AvgIpc) is 2.81. The number of nitrogens with one attached hydrogen (secondary N) is 1. The van der Waals surface area contributed by atoms with Gasteiger partial charge in [0.1, 0.15) is 11.5 Å². The minimum absolute atomic E-state index is 0.981. The van der Waals surface area contributed by atoms with E-state index in [4.69, 9.17) is 4.98 Å². The molecule has 2 aromatic heterocycles. The smallest absolute Gasteiger partial charge is 0.138 e. The number of benzene rings is 1. The van der Waals surface area contributed by atoms with Gasteiger partial charge in [-0.2, -0.15) is 0 Å². The first kappa shape index (κ1) is 13.7. The molecule has 0 aliphatic rings. The summed E-state index contributed by atoms with van der Waals surface area (Å²) in [6.45, 7) is 6.46. The number of imidazole rings is 1. The van der Waals surface area contributed by atoms with Gasteiger partial charge in [0.2, 0.25) is 0 Å². The highest BCUT2D eigenvalue weighted by Crippen LogP contribution is 2.28. The summed E-state index contributed by atoms with van der Waals surface area (Å²) in [6.07, 6.45) is 4.14. The van der Waals surface area contributed by atoms with Gasteiger partial charge in [0.15, 0.2) is 0 Å². The van der Waals surface area contributed by atoms with E-state index in [1.54, 1.807) is 0 Å². The molecule has 0 bridgehead atoms. The van der Waals surface area contributed by atoms with Crippen LogP contribution in [0.5, 0.6) is 0 Å². The fourth-order valence-corrected chi connectivity index (χ4v) is 2.72. The minimum Gasteiger partial charge on any atom is -0.339 e. The second kappa shape index (κ2) is 5.60. The zero-order valence-electron chi connectivity index (χ0n) is 12.9. The summed E-state index contributed by atoms with van der Waals surface area (Å²) in [7, 11) is 0. The molecule has 2 heterocycles. The second-order valence-corrected chi connectivity index (χ2v) is 5.48. The third-order valence-electron chi connectivity index (χ3n) is 3.81. The van der Waals surface area contributed by atoms with Gasteiger partial charge in [-0.05, 0) is 43.5 Å². The highest BCUT2D eigenvalue weighted by atomic mass is 15.1. The summed E-state index contributed by atoms with van der Waals surface area (Å²) in [5.41, 5.74) is 5.81. The standard InChI is InChI=1S/C18H21N3/c1-4-8-15-18(21-12-6-5-11-16(21)19-15)20-17-13(2)9-7-10-14(17)3/h5-7,9-12,20H,4,8H2,1-3H3. The molecule has 0 fully saturated rings. The molecule has 0 saturated carbocycles. The van der Waals surface area contributed by atoms with Crippen molar-refractivity contribution in [3.05, 3.63) is 59.4 Å². The fraction of sp³-hybridized carbons (Fsp3) is 0.278.